The Labute approximate surface area is 58.9 Å². The van der Waals surface area contributed by atoms with Crippen molar-refractivity contribution in [1.29, 1.82) is 0 Å². The maximum Gasteiger partial charge on any atom is 0.0602 e. The number of anilines is 1. The molecule has 9 heavy (non-hydrogen) atoms. The third-order valence-corrected chi connectivity index (χ3v) is 1.29. The summed E-state index contributed by atoms with van der Waals surface area (Å²) in [6.07, 6.45) is 0. The predicted octanol–water partition coefficient (Wildman–Crippen LogP) is 1.78. The summed E-state index contributed by atoms with van der Waals surface area (Å²) in [6.45, 7) is 0. The summed E-state index contributed by atoms with van der Waals surface area (Å²) in [6, 6.07) is 7.06. The molecule has 0 spiro atoms. The van der Waals surface area contributed by atoms with Crippen LogP contribution in [0.15, 0.2) is 29.2 Å². The Kier molecular flexibility index (Phi) is 1.97. The molecule has 0 saturated carbocycles. The number of hydrogen-bond acceptors (Lipinski definition) is 3. The molecule has 0 radical (unpaired) electrons. The minimum absolute atomic E-state index is 0.674. The van der Waals surface area contributed by atoms with Crippen LogP contribution in [-0.2, 0) is 0 Å². The zero-order valence-electron chi connectivity index (χ0n) is 4.70. The van der Waals surface area contributed by atoms with Crippen LogP contribution in [0, 0.1) is 0 Å². The lowest BCUT2D eigenvalue weighted by Crippen LogP contribution is -1.86. The second-order valence-corrected chi connectivity index (χ2v) is 2.18. The van der Waals surface area contributed by atoms with Crippen molar-refractivity contribution in [3.05, 3.63) is 24.3 Å². The van der Waals surface area contributed by atoms with Gasteiger partial charge in [0.05, 0.1) is 5.69 Å². The van der Waals surface area contributed by atoms with Gasteiger partial charge in [-0.05, 0) is 24.3 Å². The van der Waals surface area contributed by atoms with E-state index in [0.29, 0.717) is 5.69 Å². The minimum atomic E-state index is 0.674. The lowest BCUT2D eigenvalue weighted by atomic mass is 10.3. The van der Waals surface area contributed by atoms with E-state index < -0.39 is 0 Å². The molecule has 0 amide bonds. The zero-order valence-corrected chi connectivity index (χ0v) is 5.60. The van der Waals surface area contributed by atoms with E-state index in [1.165, 1.54) is 0 Å². The predicted molar refractivity (Wildman–Crippen MR) is 39.1 cm³/mol. The molecule has 1 aromatic rings. The van der Waals surface area contributed by atoms with Gasteiger partial charge in [-0.25, -0.2) is 0 Å². The molecule has 0 aliphatic carbocycles. The van der Waals surface area contributed by atoms with E-state index in [-0.39, 0.29) is 0 Å². The first kappa shape index (κ1) is 6.45. The second-order valence-electron chi connectivity index (χ2n) is 1.66. The highest BCUT2D eigenvalue weighted by atomic mass is 32.1. The van der Waals surface area contributed by atoms with Gasteiger partial charge in [-0.2, -0.15) is 0 Å². The van der Waals surface area contributed by atoms with Crippen LogP contribution in [0.4, 0.5) is 5.69 Å². The van der Waals surface area contributed by atoms with Gasteiger partial charge in [-0.1, -0.05) is 0 Å². The summed E-state index contributed by atoms with van der Waals surface area (Å²) >= 11 is 4.06. The van der Waals surface area contributed by atoms with E-state index in [1.807, 2.05) is 5.48 Å². The number of benzene rings is 1. The molecule has 3 heteroatoms. The molecule has 0 aliphatic rings. The van der Waals surface area contributed by atoms with E-state index in [0.717, 1.165) is 4.90 Å². The maximum absolute atomic E-state index is 8.35. The molecular formula is C6H7NOS. The SMILES string of the molecule is ONc1ccc(S)cc1. The van der Waals surface area contributed by atoms with Crippen LogP contribution in [0.5, 0.6) is 0 Å². The molecule has 0 saturated heterocycles. The second kappa shape index (κ2) is 2.75. The first-order valence-corrected chi connectivity index (χ1v) is 2.97. The minimum Gasteiger partial charge on any atom is -0.291 e. The van der Waals surface area contributed by atoms with Crippen LogP contribution in [0.3, 0.4) is 0 Å². The molecule has 0 aliphatic heterocycles. The van der Waals surface area contributed by atoms with Crippen LogP contribution in [0.1, 0.15) is 0 Å². The number of hydrogen-bond donors (Lipinski definition) is 3. The normalized spacial score (nSPS) is 9.11. The van der Waals surface area contributed by atoms with Crippen LogP contribution >= 0.6 is 12.6 Å². The summed E-state index contributed by atoms with van der Waals surface area (Å²) in [5, 5.41) is 8.35. The Hall–Kier alpha value is -0.670. The lowest BCUT2D eigenvalue weighted by Gasteiger charge is -1.95. The molecule has 0 bridgehead atoms. The fourth-order valence-corrected chi connectivity index (χ4v) is 0.685. The molecule has 1 aromatic carbocycles. The molecule has 0 atom stereocenters. The first-order valence-electron chi connectivity index (χ1n) is 2.52. The smallest absolute Gasteiger partial charge is 0.0602 e. The van der Waals surface area contributed by atoms with Gasteiger partial charge in [0.2, 0.25) is 0 Å². The van der Waals surface area contributed by atoms with Gasteiger partial charge < -0.3 is 0 Å². The zero-order chi connectivity index (χ0) is 6.69. The Bertz CT molecular complexity index is 185. The van der Waals surface area contributed by atoms with Gasteiger partial charge >= 0.3 is 0 Å². The maximum atomic E-state index is 8.35. The highest BCUT2D eigenvalue weighted by Gasteiger charge is 1.85. The highest BCUT2D eigenvalue weighted by Crippen LogP contribution is 2.10. The summed E-state index contributed by atoms with van der Waals surface area (Å²) in [4.78, 5) is 0.883. The topological polar surface area (TPSA) is 32.3 Å². The van der Waals surface area contributed by atoms with Gasteiger partial charge in [0, 0.05) is 4.90 Å². The number of thiol groups is 1. The Morgan fingerprint density at radius 3 is 2.22 bits per heavy atom. The lowest BCUT2D eigenvalue weighted by molar-refractivity contribution is 0.389. The van der Waals surface area contributed by atoms with E-state index in [9.17, 15) is 0 Å². The molecule has 0 aromatic heterocycles. The van der Waals surface area contributed by atoms with Gasteiger partial charge in [-0.3, -0.25) is 10.7 Å². The van der Waals surface area contributed by atoms with E-state index in [4.69, 9.17) is 5.21 Å². The van der Waals surface area contributed by atoms with Crippen LogP contribution in [0.2, 0.25) is 0 Å². The van der Waals surface area contributed by atoms with E-state index >= 15 is 0 Å². The average molecular weight is 141 g/mol. The Balaban J connectivity index is 2.88. The van der Waals surface area contributed by atoms with Gasteiger partial charge in [-0.15, -0.1) is 12.6 Å². The van der Waals surface area contributed by atoms with Gasteiger partial charge in [0.1, 0.15) is 0 Å². The summed E-state index contributed by atoms with van der Waals surface area (Å²) < 4.78 is 0. The average Bonchev–Trinajstić information content (AvgIpc) is 1.90. The van der Waals surface area contributed by atoms with Gasteiger partial charge in [0.25, 0.3) is 0 Å². The summed E-state index contributed by atoms with van der Waals surface area (Å²) in [5.74, 6) is 0. The molecule has 1 rings (SSSR count). The Morgan fingerprint density at radius 1 is 1.22 bits per heavy atom. The molecule has 0 fully saturated rings. The fourth-order valence-electron chi connectivity index (χ4n) is 0.536. The van der Waals surface area contributed by atoms with Crippen molar-refractivity contribution >= 4 is 18.3 Å². The highest BCUT2D eigenvalue weighted by molar-refractivity contribution is 7.80. The number of rotatable bonds is 1. The quantitative estimate of drug-likeness (QED) is 0.411. The molecule has 0 unspecified atom stereocenters. The first-order chi connectivity index (χ1) is 4.33. The van der Waals surface area contributed by atoms with E-state index in [2.05, 4.69) is 12.6 Å². The van der Waals surface area contributed by atoms with Crippen LogP contribution in [-0.4, -0.2) is 5.21 Å². The molecule has 2 nitrogen and oxygen atoms in total. The van der Waals surface area contributed by atoms with Crippen molar-refractivity contribution < 1.29 is 5.21 Å². The summed E-state index contributed by atoms with van der Waals surface area (Å²) in [7, 11) is 0. The van der Waals surface area contributed by atoms with Crippen LogP contribution in [0.25, 0.3) is 0 Å². The van der Waals surface area contributed by atoms with Crippen molar-refractivity contribution in [1.82, 2.24) is 0 Å². The Morgan fingerprint density at radius 2 is 1.78 bits per heavy atom. The monoisotopic (exact) mass is 141 g/mol. The van der Waals surface area contributed by atoms with Gasteiger partial charge in [0.15, 0.2) is 0 Å². The van der Waals surface area contributed by atoms with Crippen molar-refractivity contribution in [3.8, 4) is 0 Å². The third-order valence-electron chi connectivity index (χ3n) is 0.996. The number of nitrogens with one attached hydrogen (secondary N) is 1. The van der Waals surface area contributed by atoms with Crippen molar-refractivity contribution in [3.63, 3.8) is 0 Å². The standard InChI is InChI=1S/C6H7NOS/c8-7-5-1-3-6(9)4-2-5/h1-4,7-9H. The molecular weight excluding hydrogens is 134 g/mol. The van der Waals surface area contributed by atoms with E-state index in [1.54, 1.807) is 24.3 Å². The largest absolute Gasteiger partial charge is 0.291 e. The molecule has 2 N–H and O–H groups in total. The molecule has 48 valence electrons. The fraction of sp³-hybridized carbons (Fsp3) is 0. The van der Waals surface area contributed by atoms with Crippen molar-refractivity contribution in [2.24, 2.45) is 0 Å². The molecule has 0 heterocycles. The summed E-state index contributed by atoms with van der Waals surface area (Å²) in [5.41, 5.74) is 2.69. The van der Waals surface area contributed by atoms with Crippen LogP contribution < -0.4 is 5.48 Å². The van der Waals surface area contributed by atoms with Crippen molar-refractivity contribution in [2.45, 2.75) is 4.90 Å². The third kappa shape index (κ3) is 1.62. The van der Waals surface area contributed by atoms with Crippen molar-refractivity contribution in [2.75, 3.05) is 5.48 Å².